The first-order chi connectivity index (χ1) is 8.74. The monoisotopic (exact) mass is 264 g/mol. The SMILES string of the molecule is COc1ccccc1N(C(C)=O)C1=NCCCS1. The molecule has 0 aromatic heterocycles. The van der Waals surface area contributed by atoms with Gasteiger partial charge in [-0.05, 0) is 18.6 Å². The molecule has 96 valence electrons. The number of hydrogen-bond donors (Lipinski definition) is 0. The summed E-state index contributed by atoms with van der Waals surface area (Å²) in [4.78, 5) is 17.9. The fraction of sp³-hybridized carbons (Fsp3) is 0.385. The quantitative estimate of drug-likeness (QED) is 0.824. The highest BCUT2D eigenvalue weighted by atomic mass is 32.2. The highest BCUT2D eigenvalue weighted by Crippen LogP contribution is 2.31. The van der Waals surface area contributed by atoms with Gasteiger partial charge in [0.2, 0.25) is 5.91 Å². The van der Waals surface area contributed by atoms with Crippen molar-refractivity contribution in [2.45, 2.75) is 13.3 Å². The summed E-state index contributed by atoms with van der Waals surface area (Å²) in [7, 11) is 1.60. The summed E-state index contributed by atoms with van der Waals surface area (Å²) in [6.45, 7) is 2.32. The molecule has 0 bridgehead atoms. The minimum absolute atomic E-state index is 0.0485. The van der Waals surface area contributed by atoms with Crippen LogP contribution >= 0.6 is 11.8 Å². The minimum Gasteiger partial charge on any atom is -0.495 e. The van der Waals surface area contributed by atoms with E-state index < -0.39 is 0 Å². The lowest BCUT2D eigenvalue weighted by Gasteiger charge is -2.25. The predicted molar refractivity (Wildman–Crippen MR) is 75.5 cm³/mol. The lowest BCUT2D eigenvalue weighted by molar-refractivity contribution is -0.115. The number of thioether (sulfide) groups is 1. The van der Waals surface area contributed by atoms with Crippen LogP contribution in [0, 0.1) is 0 Å². The number of aliphatic imine (C=N–C) groups is 1. The molecule has 2 rings (SSSR count). The molecule has 0 unspecified atom stereocenters. The van der Waals surface area contributed by atoms with Crippen LogP contribution in [0.5, 0.6) is 5.75 Å². The Morgan fingerprint density at radius 2 is 2.22 bits per heavy atom. The van der Waals surface area contributed by atoms with Gasteiger partial charge in [-0.2, -0.15) is 0 Å². The molecular formula is C13H16N2O2S. The highest BCUT2D eigenvalue weighted by Gasteiger charge is 2.23. The van der Waals surface area contributed by atoms with Gasteiger partial charge < -0.3 is 4.74 Å². The molecule has 1 aliphatic heterocycles. The molecule has 0 saturated carbocycles. The first-order valence-corrected chi connectivity index (χ1v) is 6.83. The molecule has 1 heterocycles. The van der Waals surface area contributed by atoms with E-state index in [2.05, 4.69) is 4.99 Å². The molecule has 0 saturated heterocycles. The molecule has 0 radical (unpaired) electrons. The Morgan fingerprint density at radius 3 is 2.83 bits per heavy atom. The zero-order chi connectivity index (χ0) is 13.0. The normalized spacial score (nSPS) is 14.9. The maximum atomic E-state index is 11.9. The summed E-state index contributed by atoms with van der Waals surface area (Å²) in [5, 5.41) is 0.762. The van der Waals surface area contributed by atoms with Crippen LogP contribution in [0.15, 0.2) is 29.3 Å². The zero-order valence-corrected chi connectivity index (χ0v) is 11.4. The van der Waals surface area contributed by atoms with Crippen molar-refractivity contribution in [3.63, 3.8) is 0 Å². The summed E-state index contributed by atoms with van der Waals surface area (Å²) in [6.07, 6.45) is 1.06. The van der Waals surface area contributed by atoms with E-state index in [4.69, 9.17) is 4.74 Å². The summed E-state index contributed by atoms with van der Waals surface area (Å²) >= 11 is 1.61. The van der Waals surface area contributed by atoms with Gasteiger partial charge in [-0.15, -0.1) is 0 Å². The first-order valence-electron chi connectivity index (χ1n) is 5.85. The van der Waals surface area contributed by atoms with Crippen molar-refractivity contribution in [3.05, 3.63) is 24.3 Å². The Kier molecular flexibility index (Phi) is 4.25. The van der Waals surface area contributed by atoms with Crippen LogP contribution in [-0.4, -0.2) is 30.5 Å². The van der Waals surface area contributed by atoms with Gasteiger partial charge >= 0.3 is 0 Å². The Balaban J connectivity index is 2.41. The van der Waals surface area contributed by atoms with Gasteiger partial charge in [-0.1, -0.05) is 23.9 Å². The van der Waals surface area contributed by atoms with Crippen molar-refractivity contribution >= 4 is 28.5 Å². The van der Waals surface area contributed by atoms with Crippen molar-refractivity contribution in [2.24, 2.45) is 4.99 Å². The molecule has 0 atom stereocenters. The van der Waals surface area contributed by atoms with Crippen LogP contribution in [0.2, 0.25) is 0 Å². The summed E-state index contributed by atoms with van der Waals surface area (Å²) < 4.78 is 5.31. The fourth-order valence-electron chi connectivity index (χ4n) is 1.81. The standard InChI is InChI=1S/C13H16N2O2S/c1-10(16)15(13-14-8-5-9-18-13)11-6-3-4-7-12(11)17-2/h3-4,6-7H,5,8-9H2,1-2H3. The van der Waals surface area contributed by atoms with E-state index in [1.54, 1.807) is 30.7 Å². The molecule has 1 aliphatic rings. The van der Waals surface area contributed by atoms with Crippen molar-refractivity contribution in [1.82, 2.24) is 0 Å². The number of ether oxygens (including phenoxy) is 1. The third-order valence-corrected chi connectivity index (χ3v) is 3.68. The number of nitrogens with zero attached hydrogens (tertiary/aromatic N) is 2. The Morgan fingerprint density at radius 1 is 1.44 bits per heavy atom. The van der Waals surface area contributed by atoms with E-state index in [0.29, 0.717) is 5.75 Å². The van der Waals surface area contributed by atoms with Crippen molar-refractivity contribution in [2.75, 3.05) is 24.3 Å². The van der Waals surface area contributed by atoms with Gasteiger partial charge in [0.15, 0.2) is 5.17 Å². The first kappa shape index (κ1) is 13.0. The molecule has 1 aromatic rings. The predicted octanol–water partition coefficient (Wildman–Crippen LogP) is 2.54. The van der Waals surface area contributed by atoms with Crippen LogP contribution in [0.1, 0.15) is 13.3 Å². The lowest BCUT2D eigenvalue weighted by Crippen LogP contribution is -2.35. The van der Waals surface area contributed by atoms with Crippen molar-refractivity contribution in [1.29, 1.82) is 0 Å². The molecule has 18 heavy (non-hydrogen) atoms. The molecule has 0 spiro atoms. The van der Waals surface area contributed by atoms with E-state index in [9.17, 15) is 4.79 Å². The molecule has 1 amide bonds. The van der Waals surface area contributed by atoms with Crippen molar-refractivity contribution in [3.8, 4) is 5.75 Å². The van der Waals surface area contributed by atoms with E-state index in [1.807, 2.05) is 24.3 Å². The molecular weight excluding hydrogens is 248 g/mol. The van der Waals surface area contributed by atoms with Gasteiger partial charge in [0.05, 0.1) is 12.8 Å². The molecule has 4 nitrogen and oxygen atoms in total. The number of benzene rings is 1. The molecule has 0 N–H and O–H groups in total. The van der Waals surface area contributed by atoms with Crippen LogP contribution in [0.4, 0.5) is 5.69 Å². The van der Waals surface area contributed by atoms with Gasteiger partial charge in [-0.3, -0.25) is 14.7 Å². The molecule has 1 aromatic carbocycles. The molecule has 0 aliphatic carbocycles. The summed E-state index contributed by atoms with van der Waals surface area (Å²) in [6, 6.07) is 7.50. The number of carbonyl (C=O) groups excluding carboxylic acids is 1. The number of amidine groups is 1. The molecule has 5 heteroatoms. The fourth-order valence-corrected chi connectivity index (χ4v) is 2.80. The maximum Gasteiger partial charge on any atom is 0.230 e. The van der Waals surface area contributed by atoms with Gasteiger partial charge in [0.25, 0.3) is 0 Å². The number of rotatable bonds is 2. The summed E-state index contributed by atoms with van der Waals surface area (Å²) in [5.74, 6) is 1.63. The maximum absolute atomic E-state index is 11.9. The van der Waals surface area contributed by atoms with Crippen LogP contribution < -0.4 is 9.64 Å². The largest absolute Gasteiger partial charge is 0.495 e. The average molecular weight is 264 g/mol. The smallest absolute Gasteiger partial charge is 0.230 e. The third kappa shape index (κ3) is 2.67. The average Bonchev–Trinajstić information content (AvgIpc) is 2.40. The number of anilines is 1. The number of hydrogen-bond acceptors (Lipinski definition) is 4. The van der Waals surface area contributed by atoms with Gasteiger partial charge in [-0.25, -0.2) is 0 Å². The number of methoxy groups -OCH3 is 1. The highest BCUT2D eigenvalue weighted by molar-refractivity contribution is 8.14. The minimum atomic E-state index is -0.0485. The van der Waals surface area contributed by atoms with Crippen LogP contribution in [0.25, 0.3) is 0 Å². The lowest BCUT2D eigenvalue weighted by atomic mass is 10.2. The van der Waals surface area contributed by atoms with E-state index in [-0.39, 0.29) is 5.91 Å². The Hall–Kier alpha value is -1.49. The van der Waals surface area contributed by atoms with E-state index in [0.717, 1.165) is 29.6 Å². The number of para-hydroxylation sites is 2. The van der Waals surface area contributed by atoms with E-state index in [1.165, 1.54) is 0 Å². The van der Waals surface area contributed by atoms with Crippen LogP contribution in [0.3, 0.4) is 0 Å². The third-order valence-electron chi connectivity index (χ3n) is 2.61. The molecule has 0 fully saturated rings. The summed E-state index contributed by atoms with van der Waals surface area (Å²) in [5.41, 5.74) is 0.751. The Labute approximate surface area is 111 Å². The second-order valence-electron chi connectivity index (χ2n) is 3.89. The topological polar surface area (TPSA) is 41.9 Å². The number of amides is 1. The van der Waals surface area contributed by atoms with Gasteiger partial charge in [0.1, 0.15) is 5.75 Å². The van der Waals surface area contributed by atoms with Gasteiger partial charge in [0, 0.05) is 19.2 Å². The van der Waals surface area contributed by atoms with Crippen LogP contribution in [-0.2, 0) is 4.79 Å². The second-order valence-corrected chi connectivity index (χ2v) is 4.95. The van der Waals surface area contributed by atoms with Crippen molar-refractivity contribution < 1.29 is 9.53 Å². The Bertz CT molecular complexity index is 474. The second kappa shape index (κ2) is 5.91. The zero-order valence-electron chi connectivity index (χ0n) is 10.5. The van der Waals surface area contributed by atoms with E-state index >= 15 is 0 Å². The number of carbonyl (C=O) groups is 1.